The zero-order valence-electron chi connectivity index (χ0n) is 13.2. The van der Waals surface area contributed by atoms with Crippen LogP contribution in [0, 0.1) is 0 Å². The number of hydrogen-bond donors (Lipinski definition) is 0. The molecule has 0 bridgehead atoms. The summed E-state index contributed by atoms with van der Waals surface area (Å²) in [5, 5.41) is 1.95. The van der Waals surface area contributed by atoms with E-state index in [1.165, 1.54) is 4.88 Å². The van der Waals surface area contributed by atoms with Crippen LogP contribution in [0.1, 0.15) is 28.6 Å². The number of piperazine rings is 2. The molecule has 2 aliphatic heterocycles. The van der Waals surface area contributed by atoms with Gasteiger partial charge < -0.3 is 9.80 Å². The van der Waals surface area contributed by atoms with E-state index in [1.54, 1.807) is 16.2 Å². The predicted octanol–water partition coefficient (Wildman–Crippen LogP) is 1.30. The van der Waals surface area contributed by atoms with Gasteiger partial charge in [0.2, 0.25) is 5.91 Å². The Hall–Kier alpha value is -1.40. The fourth-order valence-corrected chi connectivity index (χ4v) is 4.17. The molecule has 2 saturated heterocycles. The van der Waals surface area contributed by atoms with Crippen molar-refractivity contribution in [1.29, 1.82) is 0 Å². The van der Waals surface area contributed by atoms with Crippen molar-refractivity contribution in [1.82, 2.24) is 14.7 Å². The van der Waals surface area contributed by atoms with E-state index < -0.39 is 0 Å². The molecule has 1 aromatic rings. The fraction of sp³-hybridized carbons (Fsp3) is 0.625. The zero-order chi connectivity index (χ0) is 15.7. The summed E-state index contributed by atoms with van der Waals surface area (Å²) in [6.07, 6.45) is 2.12. The van der Waals surface area contributed by atoms with Crippen molar-refractivity contribution in [3.05, 3.63) is 21.9 Å². The summed E-state index contributed by atoms with van der Waals surface area (Å²) in [6.45, 7) is 5.86. The highest BCUT2D eigenvalue weighted by Crippen LogP contribution is 2.21. The quantitative estimate of drug-likeness (QED) is 0.843. The van der Waals surface area contributed by atoms with Crippen LogP contribution in [0.3, 0.4) is 0 Å². The summed E-state index contributed by atoms with van der Waals surface area (Å²) < 4.78 is 0. The molecule has 0 aliphatic carbocycles. The molecular formula is C16H23N3O2S. The van der Waals surface area contributed by atoms with Crippen LogP contribution in [0.15, 0.2) is 11.4 Å². The van der Waals surface area contributed by atoms with Crippen LogP contribution < -0.4 is 0 Å². The van der Waals surface area contributed by atoms with E-state index in [2.05, 4.69) is 11.8 Å². The smallest absolute Gasteiger partial charge is 0.254 e. The Balaban J connectivity index is 1.69. The summed E-state index contributed by atoms with van der Waals surface area (Å²) in [4.78, 5) is 32.1. The second-order valence-electron chi connectivity index (χ2n) is 6.11. The van der Waals surface area contributed by atoms with E-state index in [9.17, 15) is 9.59 Å². The molecule has 22 heavy (non-hydrogen) atoms. The van der Waals surface area contributed by atoms with E-state index in [0.29, 0.717) is 13.1 Å². The Bertz CT molecular complexity index is 571. The van der Waals surface area contributed by atoms with Gasteiger partial charge in [0, 0.05) is 50.0 Å². The first-order valence-electron chi connectivity index (χ1n) is 7.96. The van der Waals surface area contributed by atoms with Crippen molar-refractivity contribution >= 4 is 23.2 Å². The Kier molecular flexibility index (Phi) is 4.49. The first kappa shape index (κ1) is 15.5. The summed E-state index contributed by atoms with van der Waals surface area (Å²) in [5.41, 5.74) is 0.776. The third kappa shape index (κ3) is 2.90. The Morgan fingerprint density at radius 2 is 2.09 bits per heavy atom. The number of hydrogen-bond acceptors (Lipinski definition) is 4. The minimum Gasteiger partial charge on any atom is -0.343 e. The number of carbonyl (C=O) groups is 2. The molecule has 6 heteroatoms. The third-order valence-electron chi connectivity index (χ3n) is 4.56. The lowest BCUT2D eigenvalue weighted by atomic mass is 10.1. The van der Waals surface area contributed by atoms with Gasteiger partial charge in [0.15, 0.2) is 0 Å². The van der Waals surface area contributed by atoms with Crippen molar-refractivity contribution in [2.75, 3.05) is 39.8 Å². The monoisotopic (exact) mass is 321 g/mol. The molecule has 3 rings (SSSR count). The van der Waals surface area contributed by atoms with Crippen LogP contribution in [0.2, 0.25) is 0 Å². The number of aryl methyl sites for hydroxylation is 1. The largest absolute Gasteiger partial charge is 0.343 e. The van der Waals surface area contributed by atoms with Gasteiger partial charge in [-0.1, -0.05) is 13.3 Å². The maximum absolute atomic E-state index is 12.7. The van der Waals surface area contributed by atoms with Crippen molar-refractivity contribution in [2.45, 2.75) is 25.8 Å². The molecule has 0 radical (unpaired) electrons. The molecule has 0 aromatic carbocycles. The summed E-state index contributed by atoms with van der Waals surface area (Å²) in [6, 6.07) is 1.85. The molecule has 1 atom stereocenters. The summed E-state index contributed by atoms with van der Waals surface area (Å²) in [7, 11) is 1.84. The standard InChI is InChI=1S/C16H23N3O2S/c1-3-4-13-9-12(11-22-13)15(20)19-8-7-18-6-5-17(2)16(21)14(18)10-19/h9,11,14H,3-8,10H2,1-2H3. The predicted molar refractivity (Wildman–Crippen MR) is 87.2 cm³/mol. The van der Waals surface area contributed by atoms with Crippen molar-refractivity contribution in [3.63, 3.8) is 0 Å². The molecule has 0 spiro atoms. The average Bonchev–Trinajstić information content (AvgIpc) is 2.99. The van der Waals surface area contributed by atoms with Gasteiger partial charge in [0.1, 0.15) is 6.04 Å². The fourth-order valence-electron chi connectivity index (χ4n) is 3.20. The number of likely N-dealkylation sites (N-methyl/N-ethyl adjacent to an activating group) is 1. The van der Waals surface area contributed by atoms with Gasteiger partial charge in [-0.25, -0.2) is 0 Å². The molecule has 2 aliphatic rings. The molecular weight excluding hydrogens is 298 g/mol. The first-order chi connectivity index (χ1) is 10.6. The minimum atomic E-state index is -0.162. The highest BCUT2D eigenvalue weighted by atomic mass is 32.1. The van der Waals surface area contributed by atoms with E-state index in [0.717, 1.165) is 38.0 Å². The maximum atomic E-state index is 12.7. The van der Waals surface area contributed by atoms with Crippen LogP contribution in [-0.4, -0.2) is 72.3 Å². The van der Waals surface area contributed by atoms with Gasteiger partial charge in [-0.3, -0.25) is 14.5 Å². The molecule has 1 unspecified atom stereocenters. The molecule has 1 aromatic heterocycles. The number of rotatable bonds is 3. The minimum absolute atomic E-state index is 0.0688. The third-order valence-corrected chi connectivity index (χ3v) is 5.56. The average molecular weight is 321 g/mol. The number of nitrogens with zero attached hydrogens (tertiary/aromatic N) is 3. The number of fused-ring (bicyclic) bond motifs is 1. The van der Waals surface area contributed by atoms with Gasteiger partial charge in [0.25, 0.3) is 5.91 Å². The molecule has 3 heterocycles. The van der Waals surface area contributed by atoms with E-state index in [-0.39, 0.29) is 17.9 Å². The molecule has 5 nitrogen and oxygen atoms in total. The SMILES string of the molecule is CCCc1cc(C(=O)N2CCN3CCN(C)C(=O)C3C2)cs1. The topological polar surface area (TPSA) is 43.9 Å². The lowest BCUT2D eigenvalue weighted by molar-refractivity contribution is -0.142. The van der Waals surface area contributed by atoms with Crippen LogP contribution in [0.5, 0.6) is 0 Å². The lowest BCUT2D eigenvalue weighted by Crippen LogP contribution is -2.64. The van der Waals surface area contributed by atoms with Crippen LogP contribution >= 0.6 is 11.3 Å². The molecule has 2 fully saturated rings. The lowest BCUT2D eigenvalue weighted by Gasteiger charge is -2.45. The van der Waals surface area contributed by atoms with Gasteiger partial charge >= 0.3 is 0 Å². The normalized spacial score (nSPS) is 22.8. The summed E-state index contributed by atoms with van der Waals surface area (Å²) in [5.74, 6) is 0.208. The Morgan fingerprint density at radius 1 is 1.32 bits per heavy atom. The van der Waals surface area contributed by atoms with Crippen LogP contribution in [-0.2, 0) is 11.2 Å². The molecule has 0 saturated carbocycles. The molecule has 2 amide bonds. The number of carbonyl (C=O) groups excluding carboxylic acids is 2. The molecule has 0 N–H and O–H groups in total. The van der Waals surface area contributed by atoms with Gasteiger partial charge in [-0.2, -0.15) is 0 Å². The van der Waals surface area contributed by atoms with Crippen molar-refractivity contribution in [2.24, 2.45) is 0 Å². The van der Waals surface area contributed by atoms with E-state index in [1.807, 2.05) is 23.4 Å². The number of amides is 2. The van der Waals surface area contributed by atoms with E-state index in [4.69, 9.17) is 0 Å². The second kappa shape index (κ2) is 6.38. The zero-order valence-corrected chi connectivity index (χ0v) is 14.1. The van der Waals surface area contributed by atoms with Crippen LogP contribution in [0.25, 0.3) is 0 Å². The van der Waals surface area contributed by atoms with Crippen molar-refractivity contribution < 1.29 is 9.59 Å². The highest BCUT2D eigenvalue weighted by molar-refractivity contribution is 7.10. The van der Waals surface area contributed by atoms with Gasteiger partial charge in [-0.05, 0) is 12.5 Å². The number of thiophene rings is 1. The van der Waals surface area contributed by atoms with Crippen molar-refractivity contribution in [3.8, 4) is 0 Å². The van der Waals surface area contributed by atoms with Gasteiger partial charge in [0.05, 0.1) is 5.56 Å². The molecule has 120 valence electrons. The van der Waals surface area contributed by atoms with Gasteiger partial charge in [-0.15, -0.1) is 11.3 Å². The summed E-state index contributed by atoms with van der Waals surface area (Å²) >= 11 is 1.66. The maximum Gasteiger partial charge on any atom is 0.254 e. The van der Waals surface area contributed by atoms with E-state index >= 15 is 0 Å². The second-order valence-corrected chi connectivity index (χ2v) is 7.11. The Labute approximate surface area is 135 Å². The van der Waals surface area contributed by atoms with Crippen LogP contribution in [0.4, 0.5) is 0 Å². The highest BCUT2D eigenvalue weighted by Gasteiger charge is 2.38. The first-order valence-corrected chi connectivity index (χ1v) is 8.84. The Morgan fingerprint density at radius 3 is 2.86 bits per heavy atom.